The maximum absolute atomic E-state index is 13.1. The van der Waals surface area contributed by atoms with Gasteiger partial charge in [0.25, 0.3) is 0 Å². The Labute approximate surface area is 103 Å². The summed E-state index contributed by atoms with van der Waals surface area (Å²) in [6.45, 7) is 8.42. The summed E-state index contributed by atoms with van der Waals surface area (Å²) in [6.07, 6.45) is 1.15. The van der Waals surface area contributed by atoms with Gasteiger partial charge in [-0.15, -0.1) is 0 Å². The third-order valence-electron chi connectivity index (χ3n) is 3.17. The molecule has 1 N–H and O–H groups in total. The van der Waals surface area contributed by atoms with Crippen molar-refractivity contribution in [1.29, 1.82) is 0 Å². The molecule has 94 valence electrons. The summed E-state index contributed by atoms with van der Waals surface area (Å²) in [5, 5.41) is 3.53. The number of nitrogens with zero attached hydrogens (tertiary/aromatic N) is 1. The van der Waals surface area contributed by atoms with E-state index in [-0.39, 0.29) is 11.4 Å². The predicted molar refractivity (Wildman–Crippen MR) is 68.4 cm³/mol. The quantitative estimate of drug-likeness (QED) is 0.848. The van der Waals surface area contributed by atoms with E-state index in [2.05, 4.69) is 24.1 Å². The minimum Gasteiger partial charge on any atom is -0.310 e. The van der Waals surface area contributed by atoms with Crippen LogP contribution in [0, 0.1) is 5.82 Å². The van der Waals surface area contributed by atoms with Crippen molar-refractivity contribution in [1.82, 2.24) is 10.2 Å². The number of hydrogen-bond donors (Lipinski definition) is 1. The van der Waals surface area contributed by atoms with Crippen LogP contribution in [0.15, 0.2) is 24.3 Å². The lowest BCUT2D eigenvalue weighted by Crippen LogP contribution is -2.46. The van der Waals surface area contributed by atoms with Crippen LogP contribution >= 0.6 is 0 Å². The average molecular weight is 236 g/mol. The van der Waals surface area contributed by atoms with E-state index in [9.17, 15) is 4.39 Å². The minimum atomic E-state index is -0.144. The lowest BCUT2D eigenvalue weighted by atomic mass is 10.1. The lowest BCUT2D eigenvalue weighted by Gasteiger charge is -2.30. The van der Waals surface area contributed by atoms with Crippen LogP contribution in [0.3, 0.4) is 0 Å². The molecular formula is C14H21FN2. The molecule has 1 saturated heterocycles. The maximum atomic E-state index is 13.1. The molecule has 1 aromatic carbocycles. The number of benzene rings is 1. The highest BCUT2D eigenvalue weighted by atomic mass is 19.1. The van der Waals surface area contributed by atoms with Crippen molar-refractivity contribution < 1.29 is 4.39 Å². The summed E-state index contributed by atoms with van der Waals surface area (Å²) in [5.41, 5.74) is 1.20. The van der Waals surface area contributed by atoms with Crippen LogP contribution in [0.2, 0.25) is 0 Å². The second kappa shape index (κ2) is 5.15. The summed E-state index contributed by atoms with van der Waals surface area (Å²) in [7, 11) is 0. The van der Waals surface area contributed by atoms with E-state index >= 15 is 0 Å². The molecule has 3 heteroatoms. The van der Waals surface area contributed by atoms with Gasteiger partial charge in [-0.1, -0.05) is 12.1 Å². The number of rotatable bonds is 2. The molecule has 1 aliphatic rings. The summed E-state index contributed by atoms with van der Waals surface area (Å²) in [4.78, 5) is 2.40. The molecule has 1 aliphatic heterocycles. The van der Waals surface area contributed by atoms with Crippen LogP contribution in [0.5, 0.6) is 0 Å². The van der Waals surface area contributed by atoms with E-state index in [1.165, 1.54) is 6.07 Å². The first-order valence-corrected chi connectivity index (χ1v) is 6.27. The molecule has 0 aromatic heterocycles. The maximum Gasteiger partial charge on any atom is 0.123 e. The van der Waals surface area contributed by atoms with Crippen molar-refractivity contribution >= 4 is 0 Å². The van der Waals surface area contributed by atoms with Crippen molar-refractivity contribution in [3.63, 3.8) is 0 Å². The molecule has 0 unspecified atom stereocenters. The van der Waals surface area contributed by atoms with Gasteiger partial charge in [0, 0.05) is 18.6 Å². The summed E-state index contributed by atoms with van der Waals surface area (Å²) >= 11 is 0. The van der Waals surface area contributed by atoms with Gasteiger partial charge in [0.1, 0.15) is 5.82 Å². The Balaban J connectivity index is 2.02. The Morgan fingerprint density at radius 1 is 1.41 bits per heavy atom. The SMILES string of the molecule is CC1(C)CN(Cc2cccc(F)c2)CCCN1. The molecule has 1 heterocycles. The molecule has 0 saturated carbocycles. The second-order valence-electron chi connectivity index (χ2n) is 5.50. The van der Waals surface area contributed by atoms with E-state index in [4.69, 9.17) is 0 Å². The summed E-state index contributed by atoms with van der Waals surface area (Å²) < 4.78 is 13.1. The van der Waals surface area contributed by atoms with Gasteiger partial charge in [-0.05, 0) is 51.1 Å². The van der Waals surface area contributed by atoms with E-state index in [1.807, 2.05) is 6.07 Å². The normalized spacial score (nSPS) is 21.1. The lowest BCUT2D eigenvalue weighted by molar-refractivity contribution is 0.223. The molecule has 0 spiro atoms. The zero-order valence-corrected chi connectivity index (χ0v) is 10.7. The van der Waals surface area contributed by atoms with Crippen LogP contribution in [0.4, 0.5) is 4.39 Å². The predicted octanol–water partition coefficient (Wildman–Crippen LogP) is 2.40. The van der Waals surface area contributed by atoms with Gasteiger partial charge in [-0.25, -0.2) is 4.39 Å². The van der Waals surface area contributed by atoms with Crippen molar-refractivity contribution in [2.45, 2.75) is 32.4 Å². The van der Waals surface area contributed by atoms with Gasteiger partial charge < -0.3 is 5.32 Å². The topological polar surface area (TPSA) is 15.3 Å². The zero-order chi connectivity index (χ0) is 12.3. The third kappa shape index (κ3) is 3.79. The molecule has 2 rings (SSSR count). The third-order valence-corrected chi connectivity index (χ3v) is 3.17. The van der Waals surface area contributed by atoms with Crippen LogP contribution in [-0.4, -0.2) is 30.1 Å². The molecule has 1 fully saturated rings. The average Bonchev–Trinajstić information content (AvgIpc) is 2.39. The van der Waals surface area contributed by atoms with Gasteiger partial charge in [-0.3, -0.25) is 4.90 Å². The smallest absolute Gasteiger partial charge is 0.123 e. The Morgan fingerprint density at radius 2 is 2.24 bits per heavy atom. The molecule has 0 atom stereocenters. The Kier molecular flexibility index (Phi) is 3.79. The van der Waals surface area contributed by atoms with E-state index in [1.54, 1.807) is 12.1 Å². The number of nitrogens with one attached hydrogen (secondary N) is 1. The van der Waals surface area contributed by atoms with Gasteiger partial charge in [0.05, 0.1) is 0 Å². The number of hydrogen-bond acceptors (Lipinski definition) is 2. The fourth-order valence-corrected chi connectivity index (χ4v) is 2.45. The highest BCUT2D eigenvalue weighted by Crippen LogP contribution is 2.14. The van der Waals surface area contributed by atoms with E-state index in [0.717, 1.165) is 38.2 Å². The van der Waals surface area contributed by atoms with Crippen molar-refractivity contribution in [3.8, 4) is 0 Å². The molecule has 0 radical (unpaired) electrons. The van der Waals surface area contributed by atoms with E-state index < -0.39 is 0 Å². The van der Waals surface area contributed by atoms with Crippen LogP contribution in [-0.2, 0) is 6.54 Å². The fourth-order valence-electron chi connectivity index (χ4n) is 2.45. The first-order chi connectivity index (χ1) is 8.05. The Bertz CT molecular complexity index is 376. The first-order valence-electron chi connectivity index (χ1n) is 6.27. The summed E-state index contributed by atoms with van der Waals surface area (Å²) in [6, 6.07) is 6.91. The van der Waals surface area contributed by atoms with Crippen molar-refractivity contribution in [3.05, 3.63) is 35.6 Å². The largest absolute Gasteiger partial charge is 0.310 e. The highest BCUT2D eigenvalue weighted by Gasteiger charge is 2.23. The molecule has 1 aromatic rings. The van der Waals surface area contributed by atoms with Crippen LogP contribution in [0.25, 0.3) is 0 Å². The monoisotopic (exact) mass is 236 g/mol. The van der Waals surface area contributed by atoms with Crippen LogP contribution in [0.1, 0.15) is 25.8 Å². The molecule has 2 nitrogen and oxygen atoms in total. The van der Waals surface area contributed by atoms with E-state index in [0.29, 0.717) is 0 Å². The summed E-state index contributed by atoms with van der Waals surface area (Å²) in [5.74, 6) is -0.144. The standard InChI is InChI=1S/C14H21FN2/c1-14(2)11-17(8-4-7-16-14)10-12-5-3-6-13(15)9-12/h3,5-6,9,16H,4,7-8,10-11H2,1-2H3. The van der Waals surface area contributed by atoms with Crippen molar-refractivity contribution in [2.75, 3.05) is 19.6 Å². The van der Waals surface area contributed by atoms with Crippen LogP contribution < -0.4 is 5.32 Å². The molecule has 0 bridgehead atoms. The van der Waals surface area contributed by atoms with Gasteiger partial charge in [-0.2, -0.15) is 0 Å². The number of halogens is 1. The van der Waals surface area contributed by atoms with Gasteiger partial charge in [0.2, 0.25) is 0 Å². The first kappa shape index (κ1) is 12.5. The zero-order valence-electron chi connectivity index (χ0n) is 10.7. The second-order valence-corrected chi connectivity index (χ2v) is 5.50. The van der Waals surface area contributed by atoms with Crippen molar-refractivity contribution in [2.24, 2.45) is 0 Å². The molecule has 0 amide bonds. The van der Waals surface area contributed by atoms with Gasteiger partial charge >= 0.3 is 0 Å². The molecular weight excluding hydrogens is 215 g/mol. The highest BCUT2D eigenvalue weighted by molar-refractivity contribution is 5.16. The molecule has 17 heavy (non-hydrogen) atoms. The Morgan fingerprint density at radius 3 is 3.00 bits per heavy atom. The minimum absolute atomic E-state index is 0.143. The Hall–Kier alpha value is -0.930. The van der Waals surface area contributed by atoms with Gasteiger partial charge in [0.15, 0.2) is 0 Å². The fraction of sp³-hybridized carbons (Fsp3) is 0.571. The molecule has 0 aliphatic carbocycles.